The number of para-hydroxylation sites is 1. The standard InChI is InChI=1S/C25H34N2O5S/c1-4-9-21(23(28)17-33-16-20-12-8-13-31-20)27-25(30)22(14-18(2)3)26-24(29)15-32-19-10-6-5-7-11-19/h5-8,10-13,18,21-22H,4,9,14-17H2,1-3H3,(H,26,29)(H,27,30). The molecule has 2 atom stereocenters. The van der Waals surface area contributed by atoms with Gasteiger partial charge in [0.05, 0.1) is 23.8 Å². The highest BCUT2D eigenvalue weighted by Gasteiger charge is 2.27. The van der Waals surface area contributed by atoms with E-state index >= 15 is 0 Å². The van der Waals surface area contributed by atoms with E-state index in [4.69, 9.17) is 9.15 Å². The number of hydrogen-bond donors (Lipinski definition) is 2. The molecular formula is C25H34N2O5S. The second-order valence-corrected chi connectivity index (χ2v) is 9.23. The predicted molar refractivity (Wildman–Crippen MR) is 130 cm³/mol. The smallest absolute Gasteiger partial charge is 0.258 e. The summed E-state index contributed by atoms with van der Waals surface area (Å²) in [6, 6.07) is 11.4. The van der Waals surface area contributed by atoms with Gasteiger partial charge >= 0.3 is 0 Å². The summed E-state index contributed by atoms with van der Waals surface area (Å²) in [7, 11) is 0. The van der Waals surface area contributed by atoms with Crippen LogP contribution in [-0.2, 0) is 20.1 Å². The van der Waals surface area contributed by atoms with Gasteiger partial charge < -0.3 is 19.8 Å². The molecule has 1 heterocycles. The molecule has 7 nitrogen and oxygen atoms in total. The zero-order chi connectivity index (χ0) is 24.1. The zero-order valence-electron chi connectivity index (χ0n) is 19.5. The van der Waals surface area contributed by atoms with E-state index < -0.39 is 12.1 Å². The van der Waals surface area contributed by atoms with E-state index in [0.29, 0.717) is 24.3 Å². The van der Waals surface area contributed by atoms with Crippen molar-refractivity contribution >= 4 is 29.4 Å². The fourth-order valence-electron chi connectivity index (χ4n) is 3.23. The number of benzene rings is 1. The number of rotatable bonds is 15. The Morgan fingerprint density at radius 3 is 2.42 bits per heavy atom. The molecule has 0 aliphatic heterocycles. The molecule has 0 fully saturated rings. The number of carbonyl (C=O) groups is 3. The molecule has 0 spiro atoms. The Morgan fingerprint density at radius 1 is 1.03 bits per heavy atom. The highest BCUT2D eigenvalue weighted by atomic mass is 32.2. The average Bonchev–Trinajstić information content (AvgIpc) is 3.31. The van der Waals surface area contributed by atoms with Gasteiger partial charge in [0.25, 0.3) is 5.91 Å². The van der Waals surface area contributed by atoms with Crippen molar-refractivity contribution in [2.75, 3.05) is 12.4 Å². The summed E-state index contributed by atoms with van der Waals surface area (Å²) in [5.41, 5.74) is 0. The monoisotopic (exact) mass is 474 g/mol. The summed E-state index contributed by atoms with van der Waals surface area (Å²) in [5, 5.41) is 5.63. The van der Waals surface area contributed by atoms with Gasteiger partial charge in [-0.15, -0.1) is 11.8 Å². The normalized spacial score (nSPS) is 12.7. The maximum Gasteiger partial charge on any atom is 0.258 e. The molecule has 0 radical (unpaired) electrons. The molecular weight excluding hydrogens is 440 g/mol. The lowest BCUT2D eigenvalue weighted by molar-refractivity contribution is -0.132. The van der Waals surface area contributed by atoms with Gasteiger partial charge in [-0.25, -0.2) is 0 Å². The number of Topliss-reactive ketones (excluding diaryl/α,β-unsaturated/α-hetero) is 1. The van der Waals surface area contributed by atoms with Crippen LogP contribution < -0.4 is 15.4 Å². The van der Waals surface area contributed by atoms with Crippen molar-refractivity contribution in [1.29, 1.82) is 0 Å². The molecule has 0 saturated heterocycles. The van der Waals surface area contributed by atoms with E-state index in [1.165, 1.54) is 11.8 Å². The summed E-state index contributed by atoms with van der Waals surface area (Å²) >= 11 is 1.45. The molecule has 2 rings (SSSR count). The molecule has 33 heavy (non-hydrogen) atoms. The van der Waals surface area contributed by atoms with Crippen LogP contribution in [0.5, 0.6) is 5.75 Å². The van der Waals surface area contributed by atoms with Crippen LogP contribution in [-0.4, -0.2) is 42.0 Å². The van der Waals surface area contributed by atoms with Gasteiger partial charge in [-0.3, -0.25) is 14.4 Å². The molecule has 0 saturated carbocycles. The fourth-order valence-corrected chi connectivity index (χ4v) is 4.10. The molecule has 0 aliphatic rings. The molecule has 0 bridgehead atoms. The van der Waals surface area contributed by atoms with Crippen molar-refractivity contribution < 1.29 is 23.5 Å². The van der Waals surface area contributed by atoms with Gasteiger partial charge in [-0.05, 0) is 43.0 Å². The van der Waals surface area contributed by atoms with Crippen LogP contribution in [0.15, 0.2) is 53.1 Å². The van der Waals surface area contributed by atoms with Crippen LogP contribution in [0, 0.1) is 5.92 Å². The minimum absolute atomic E-state index is 0.0382. The number of thioether (sulfide) groups is 1. The second-order valence-electron chi connectivity index (χ2n) is 8.24. The van der Waals surface area contributed by atoms with Gasteiger partial charge in [-0.1, -0.05) is 45.4 Å². The van der Waals surface area contributed by atoms with Crippen molar-refractivity contribution in [3.8, 4) is 5.75 Å². The van der Waals surface area contributed by atoms with Gasteiger partial charge in [-0.2, -0.15) is 0 Å². The molecule has 2 amide bonds. The van der Waals surface area contributed by atoms with Crippen LogP contribution in [0.1, 0.15) is 45.8 Å². The van der Waals surface area contributed by atoms with Crippen molar-refractivity contribution in [3.63, 3.8) is 0 Å². The van der Waals surface area contributed by atoms with Crippen molar-refractivity contribution in [2.24, 2.45) is 5.92 Å². The lowest BCUT2D eigenvalue weighted by atomic mass is 10.0. The Balaban J connectivity index is 1.90. The Labute approximate surface area is 200 Å². The number of nitrogens with one attached hydrogen (secondary N) is 2. The van der Waals surface area contributed by atoms with E-state index in [9.17, 15) is 14.4 Å². The average molecular weight is 475 g/mol. The largest absolute Gasteiger partial charge is 0.484 e. The third kappa shape index (κ3) is 10.2. The van der Waals surface area contributed by atoms with Crippen LogP contribution >= 0.6 is 11.8 Å². The summed E-state index contributed by atoms with van der Waals surface area (Å²) in [5.74, 6) is 1.67. The van der Waals surface area contributed by atoms with Crippen LogP contribution in [0.3, 0.4) is 0 Å². The van der Waals surface area contributed by atoms with E-state index in [1.54, 1.807) is 18.4 Å². The SMILES string of the molecule is CCCC(NC(=O)C(CC(C)C)NC(=O)COc1ccccc1)C(=O)CSCc1ccco1. The molecule has 2 N–H and O–H groups in total. The van der Waals surface area contributed by atoms with Crippen LogP contribution in [0.2, 0.25) is 0 Å². The van der Waals surface area contributed by atoms with E-state index in [2.05, 4.69) is 10.6 Å². The predicted octanol–water partition coefficient (Wildman–Crippen LogP) is 3.98. The molecule has 0 aliphatic carbocycles. The lowest BCUT2D eigenvalue weighted by Crippen LogP contribution is -2.53. The number of ether oxygens (including phenoxy) is 1. The van der Waals surface area contributed by atoms with E-state index in [1.807, 2.05) is 51.1 Å². The number of ketones is 1. The van der Waals surface area contributed by atoms with Crippen LogP contribution in [0.4, 0.5) is 0 Å². The van der Waals surface area contributed by atoms with Gasteiger partial charge in [0.15, 0.2) is 12.4 Å². The minimum atomic E-state index is -0.736. The van der Waals surface area contributed by atoms with E-state index in [0.717, 1.165) is 12.2 Å². The van der Waals surface area contributed by atoms with Gasteiger partial charge in [0.2, 0.25) is 5.91 Å². The van der Waals surface area contributed by atoms with E-state index in [-0.39, 0.29) is 35.9 Å². The van der Waals surface area contributed by atoms with Gasteiger partial charge in [0.1, 0.15) is 17.6 Å². The first-order chi connectivity index (χ1) is 15.9. The zero-order valence-corrected chi connectivity index (χ0v) is 20.4. The van der Waals surface area contributed by atoms with Crippen molar-refractivity contribution in [2.45, 2.75) is 57.9 Å². The molecule has 2 unspecified atom stereocenters. The van der Waals surface area contributed by atoms with Crippen molar-refractivity contribution in [3.05, 3.63) is 54.5 Å². The molecule has 2 aromatic rings. The van der Waals surface area contributed by atoms with Crippen molar-refractivity contribution in [1.82, 2.24) is 10.6 Å². The Bertz CT molecular complexity index is 855. The summed E-state index contributed by atoms with van der Waals surface area (Å²) in [4.78, 5) is 38.2. The Kier molecular flexibility index (Phi) is 11.6. The third-order valence-electron chi connectivity index (χ3n) is 4.82. The van der Waals surface area contributed by atoms with Crippen LogP contribution in [0.25, 0.3) is 0 Å². The first-order valence-corrected chi connectivity index (χ1v) is 12.4. The Morgan fingerprint density at radius 2 is 1.79 bits per heavy atom. The summed E-state index contributed by atoms with van der Waals surface area (Å²) in [6.45, 7) is 5.74. The highest BCUT2D eigenvalue weighted by molar-refractivity contribution is 7.99. The first kappa shape index (κ1) is 26.5. The molecule has 1 aromatic heterocycles. The molecule has 1 aromatic carbocycles. The maximum absolute atomic E-state index is 13.0. The number of amides is 2. The summed E-state index contributed by atoms with van der Waals surface area (Å²) in [6.07, 6.45) is 3.37. The molecule has 180 valence electrons. The maximum atomic E-state index is 13.0. The highest BCUT2D eigenvalue weighted by Crippen LogP contribution is 2.14. The lowest BCUT2D eigenvalue weighted by Gasteiger charge is -2.24. The molecule has 8 heteroatoms. The first-order valence-electron chi connectivity index (χ1n) is 11.3. The number of hydrogen-bond acceptors (Lipinski definition) is 6. The Hall–Kier alpha value is -2.74. The van der Waals surface area contributed by atoms with Gasteiger partial charge in [0, 0.05) is 0 Å². The fraction of sp³-hybridized carbons (Fsp3) is 0.480. The quantitative estimate of drug-likeness (QED) is 0.405. The number of furan rings is 1. The minimum Gasteiger partial charge on any atom is -0.484 e. The second kappa shape index (κ2) is 14.4. The third-order valence-corrected chi connectivity index (χ3v) is 5.80. The summed E-state index contributed by atoms with van der Waals surface area (Å²) < 4.78 is 10.8. The topological polar surface area (TPSA) is 97.6 Å². The number of carbonyl (C=O) groups excluding carboxylic acids is 3.